The van der Waals surface area contributed by atoms with Gasteiger partial charge in [0.05, 0.1) is 10.6 Å². The quantitative estimate of drug-likeness (QED) is 0.657. The van der Waals surface area contributed by atoms with Gasteiger partial charge in [-0.2, -0.15) is 0 Å². The van der Waals surface area contributed by atoms with Crippen LogP contribution in [0.25, 0.3) is 6.08 Å². The van der Waals surface area contributed by atoms with Gasteiger partial charge in [-0.1, -0.05) is 63.2 Å². The molecule has 3 rings (SSSR count). The van der Waals surface area contributed by atoms with Crippen LogP contribution in [-0.2, 0) is 10.2 Å². The maximum absolute atomic E-state index is 12.6. The topological polar surface area (TPSA) is 32.7 Å². The molecule has 2 aromatic carbocycles. The van der Waals surface area contributed by atoms with Crippen molar-refractivity contribution in [3.8, 4) is 0 Å². The molecule has 0 spiro atoms. The lowest BCUT2D eigenvalue weighted by atomic mass is 9.87. The Morgan fingerprint density at radius 3 is 2.31 bits per heavy atom. The highest BCUT2D eigenvalue weighted by atomic mass is 32.2. The molecule has 4 heteroatoms. The molecule has 0 saturated carbocycles. The number of carbonyl (C=O) groups is 1. The number of thioether (sulfide) groups is 1. The van der Waals surface area contributed by atoms with Crippen molar-refractivity contribution < 1.29 is 4.79 Å². The third-order valence-electron chi connectivity index (χ3n) is 4.41. The van der Waals surface area contributed by atoms with Crippen LogP contribution in [0.5, 0.6) is 0 Å². The minimum atomic E-state index is -0.0118. The van der Waals surface area contributed by atoms with Gasteiger partial charge in [0.1, 0.15) is 0 Å². The van der Waals surface area contributed by atoms with E-state index in [0.29, 0.717) is 10.1 Å². The molecular formula is C22H24N2OS. The number of aryl methyl sites for hydroxylation is 1. The number of carbonyl (C=O) groups excluding carboxylic acids is 1. The molecule has 1 fully saturated rings. The number of para-hydroxylation sites is 1. The summed E-state index contributed by atoms with van der Waals surface area (Å²) in [6.07, 6.45) is 1.94. The van der Waals surface area contributed by atoms with Gasteiger partial charge >= 0.3 is 0 Å². The van der Waals surface area contributed by atoms with Gasteiger partial charge in [-0.05, 0) is 52.9 Å². The molecule has 3 nitrogen and oxygen atoms in total. The van der Waals surface area contributed by atoms with Crippen molar-refractivity contribution in [2.75, 3.05) is 7.05 Å². The van der Waals surface area contributed by atoms with E-state index in [4.69, 9.17) is 0 Å². The van der Waals surface area contributed by atoms with E-state index in [1.807, 2.05) is 37.3 Å². The first-order valence-corrected chi connectivity index (χ1v) is 9.50. The minimum absolute atomic E-state index is 0.0118. The van der Waals surface area contributed by atoms with Crippen molar-refractivity contribution in [3.63, 3.8) is 0 Å². The molecule has 0 radical (unpaired) electrons. The summed E-state index contributed by atoms with van der Waals surface area (Å²) in [5, 5.41) is 0.710. The Hall–Kier alpha value is -2.33. The predicted molar refractivity (Wildman–Crippen MR) is 112 cm³/mol. The zero-order valence-corrected chi connectivity index (χ0v) is 16.7. The molecule has 0 bridgehead atoms. The summed E-state index contributed by atoms with van der Waals surface area (Å²) < 4.78 is 0. The lowest BCUT2D eigenvalue weighted by molar-refractivity contribution is -0.121. The summed E-state index contributed by atoms with van der Waals surface area (Å²) >= 11 is 1.42. The van der Waals surface area contributed by atoms with Gasteiger partial charge < -0.3 is 0 Å². The second-order valence-corrected chi connectivity index (χ2v) is 8.54. The van der Waals surface area contributed by atoms with Crippen LogP contribution in [0.4, 0.5) is 5.69 Å². The van der Waals surface area contributed by atoms with Crippen molar-refractivity contribution in [1.82, 2.24) is 4.90 Å². The van der Waals surface area contributed by atoms with Gasteiger partial charge in [0.15, 0.2) is 5.17 Å². The fourth-order valence-electron chi connectivity index (χ4n) is 2.67. The van der Waals surface area contributed by atoms with E-state index in [1.54, 1.807) is 11.9 Å². The first-order chi connectivity index (χ1) is 12.3. The van der Waals surface area contributed by atoms with Gasteiger partial charge in [0, 0.05) is 7.05 Å². The monoisotopic (exact) mass is 364 g/mol. The third kappa shape index (κ3) is 3.91. The Bertz CT molecular complexity index is 889. The van der Waals surface area contributed by atoms with Crippen molar-refractivity contribution in [3.05, 3.63) is 70.1 Å². The molecule has 26 heavy (non-hydrogen) atoms. The number of nitrogens with zero attached hydrogens (tertiary/aromatic N) is 2. The minimum Gasteiger partial charge on any atom is -0.290 e. The van der Waals surface area contributed by atoms with Crippen LogP contribution < -0.4 is 0 Å². The SMILES string of the molecule is Cc1ccccc1N=C1S/C(=C\c2ccc(C(C)(C)C)cc2)C(=O)N1C. The Labute approximate surface area is 159 Å². The number of likely N-dealkylation sites (N-methyl/N-ethyl adjacent to an activating group) is 1. The molecular weight excluding hydrogens is 340 g/mol. The molecule has 0 aromatic heterocycles. The lowest BCUT2D eigenvalue weighted by Gasteiger charge is -2.18. The van der Waals surface area contributed by atoms with Gasteiger partial charge in [-0.3, -0.25) is 9.69 Å². The molecule has 134 valence electrons. The summed E-state index contributed by atoms with van der Waals surface area (Å²) in [5.74, 6) is -0.0118. The zero-order chi connectivity index (χ0) is 18.9. The van der Waals surface area contributed by atoms with Crippen molar-refractivity contribution in [1.29, 1.82) is 0 Å². The highest BCUT2D eigenvalue weighted by Gasteiger charge is 2.30. The fraction of sp³-hybridized carbons (Fsp3) is 0.273. The number of amides is 1. The van der Waals surface area contributed by atoms with E-state index in [1.165, 1.54) is 17.3 Å². The number of aliphatic imine (C=N–C) groups is 1. The second-order valence-electron chi connectivity index (χ2n) is 7.53. The third-order valence-corrected chi connectivity index (χ3v) is 5.47. The van der Waals surface area contributed by atoms with Crippen LogP contribution in [0.15, 0.2) is 58.4 Å². The largest absolute Gasteiger partial charge is 0.290 e. The Balaban J connectivity index is 1.87. The van der Waals surface area contributed by atoms with Crippen LogP contribution in [0, 0.1) is 6.92 Å². The van der Waals surface area contributed by atoms with Gasteiger partial charge in [-0.15, -0.1) is 0 Å². The molecule has 0 atom stereocenters. The van der Waals surface area contributed by atoms with E-state index >= 15 is 0 Å². The van der Waals surface area contributed by atoms with Crippen molar-refractivity contribution in [2.45, 2.75) is 33.1 Å². The summed E-state index contributed by atoms with van der Waals surface area (Å²) in [7, 11) is 1.77. The molecule has 1 heterocycles. The van der Waals surface area contributed by atoms with E-state index in [0.717, 1.165) is 16.8 Å². The van der Waals surface area contributed by atoms with E-state index in [9.17, 15) is 4.79 Å². The number of rotatable bonds is 2. The van der Waals surface area contributed by atoms with Gasteiger partial charge in [0.2, 0.25) is 0 Å². The number of hydrogen-bond donors (Lipinski definition) is 0. The Kier molecular flexibility index (Phi) is 5.05. The summed E-state index contributed by atoms with van der Waals surface area (Å²) in [5.41, 5.74) is 4.42. The van der Waals surface area contributed by atoms with Crippen LogP contribution in [0.1, 0.15) is 37.5 Å². The highest BCUT2D eigenvalue weighted by molar-refractivity contribution is 8.18. The highest BCUT2D eigenvalue weighted by Crippen LogP contribution is 2.34. The van der Waals surface area contributed by atoms with Crippen molar-refractivity contribution in [2.24, 2.45) is 4.99 Å². The van der Waals surface area contributed by atoms with Crippen LogP contribution in [0.3, 0.4) is 0 Å². The zero-order valence-electron chi connectivity index (χ0n) is 15.9. The summed E-state index contributed by atoms with van der Waals surface area (Å²) in [6.45, 7) is 8.61. The first kappa shape index (κ1) is 18.5. The van der Waals surface area contributed by atoms with Crippen LogP contribution >= 0.6 is 11.8 Å². The van der Waals surface area contributed by atoms with Crippen molar-refractivity contribution >= 4 is 34.6 Å². The molecule has 1 aliphatic heterocycles. The van der Waals surface area contributed by atoms with E-state index in [2.05, 4.69) is 50.0 Å². The molecule has 0 aliphatic carbocycles. The molecule has 0 unspecified atom stereocenters. The molecule has 2 aromatic rings. The van der Waals surface area contributed by atoms with E-state index < -0.39 is 0 Å². The second kappa shape index (κ2) is 7.12. The normalized spacial score (nSPS) is 18.2. The number of amidine groups is 1. The van der Waals surface area contributed by atoms with Gasteiger partial charge in [-0.25, -0.2) is 4.99 Å². The Morgan fingerprint density at radius 2 is 1.69 bits per heavy atom. The molecule has 0 N–H and O–H groups in total. The maximum Gasteiger partial charge on any atom is 0.266 e. The summed E-state index contributed by atoms with van der Waals surface area (Å²) in [4.78, 5) is 19.6. The lowest BCUT2D eigenvalue weighted by Crippen LogP contribution is -2.23. The molecule has 1 aliphatic rings. The Morgan fingerprint density at radius 1 is 1.04 bits per heavy atom. The maximum atomic E-state index is 12.6. The fourth-order valence-corrected chi connectivity index (χ4v) is 3.65. The number of benzene rings is 2. The summed E-state index contributed by atoms with van der Waals surface area (Å²) in [6, 6.07) is 16.3. The average Bonchev–Trinajstić information content (AvgIpc) is 2.85. The average molecular weight is 365 g/mol. The van der Waals surface area contributed by atoms with Crippen LogP contribution in [-0.4, -0.2) is 23.0 Å². The van der Waals surface area contributed by atoms with E-state index in [-0.39, 0.29) is 11.3 Å². The molecule has 1 amide bonds. The predicted octanol–water partition coefficient (Wildman–Crippen LogP) is 5.53. The number of hydrogen-bond acceptors (Lipinski definition) is 3. The molecule has 1 saturated heterocycles. The first-order valence-electron chi connectivity index (χ1n) is 8.68. The van der Waals surface area contributed by atoms with Gasteiger partial charge in [0.25, 0.3) is 5.91 Å². The van der Waals surface area contributed by atoms with Crippen LogP contribution in [0.2, 0.25) is 0 Å². The standard InChI is InChI=1S/C22H24N2OS/c1-15-8-6-7-9-18(15)23-21-24(5)20(25)19(26-21)14-16-10-12-17(13-11-16)22(2,3)4/h6-14H,1-5H3/b19-14-,23-21?. The smallest absolute Gasteiger partial charge is 0.266 e.